The van der Waals surface area contributed by atoms with Gasteiger partial charge in [0.2, 0.25) is 0 Å². The Morgan fingerprint density at radius 3 is 0.497 bits per heavy atom. The molecule has 145 heavy (non-hydrogen) atoms. The molecule has 3 saturated carbocycles. The lowest BCUT2D eigenvalue weighted by Gasteiger charge is -2.57. The van der Waals surface area contributed by atoms with Gasteiger partial charge in [-0.1, -0.05) is 403 Å². The number of rotatable bonds is 32. The van der Waals surface area contributed by atoms with Crippen molar-refractivity contribution in [3.63, 3.8) is 0 Å². The summed E-state index contributed by atoms with van der Waals surface area (Å²) in [6.45, 7) is 84.8. The molecule has 0 aromatic rings. The summed E-state index contributed by atoms with van der Waals surface area (Å²) in [4.78, 5) is 0. The molecule has 0 aromatic heterocycles. The van der Waals surface area contributed by atoms with Crippen LogP contribution in [-0.4, -0.2) is 61.8 Å². The normalized spacial score (nSPS) is 18.2. The summed E-state index contributed by atoms with van der Waals surface area (Å²) in [5.74, 6) is -3.67. The molecule has 30 heteroatoms. The molecule has 0 nitrogen and oxygen atoms in total. The first-order valence-electron chi connectivity index (χ1n) is 54.7. The molecule has 884 valence electrons. The number of halogens is 30. The van der Waals surface area contributed by atoms with Gasteiger partial charge in [0.05, 0.1) is 54.1 Å². The average Bonchev–Trinajstić information content (AvgIpc) is 0.868. The second-order valence-corrected chi connectivity index (χ2v) is 50.5. The van der Waals surface area contributed by atoms with Crippen molar-refractivity contribution in [1.82, 2.24) is 0 Å². The van der Waals surface area contributed by atoms with Crippen LogP contribution in [0.25, 0.3) is 0 Å². The second-order valence-electron chi connectivity index (χ2n) is 50.5. The van der Waals surface area contributed by atoms with Crippen LogP contribution in [0, 0.1) is 176 Å². The van der Waals surface area contributed by atoms with E-state index >= 15 is 0 Å². The topological polar surface area (TPSA) is 0 Å². The molecule has 0 amide bonds. The Balaban J connectivity index is -0.000000293. The van der Waals surface area contributed by atoms with E-state index in [2.05, 4.69) is 0 Å². The van der Waals surface area contributed by atoms with Gasteiger partial charge in [-0.2, -0.15) is 132 Å². The SMILES string of the molecule is CC(C)C(C(C)C)C(C)(C(C(C)C)C(C)C)C(F)(F)F.CC(C)C(C(C)C)[C@](C)(C(C)C)C(F)(F)F.CC(C)C(C)(C(C)C)C(F)(F)F.CC1(C(F)(F)F)CCCC1.CC1(C(F)(F)F)CCCCC1.CC1(C)CCC(C)(C(F)(F)F)CC1.CCC(C)(CC)C(C)(C(F)(F)F)C(C)(CC)CC.CCC(C)(CC)[C@](C)(C(C)C)C(F)(F)F.CCC(CC)C(C)(C(CC)CC)C(F)(F)F.CCC(CC)[C@](C)(C(C)C)C(F)(F)F. The molecule has 3 fully saturated rings. The zero-order valence-electron chi connectivity index (χ0n) is 99.8. The fourth-order valence-electron chi connectivity index (χ4n) is 25.0. The molecule has 0 N–H and O–H groups in total. The van der Waals surface area contributed by atoms with Crippen LogP contribution < -0.4 is 0 Å². The van der Waals surface area contributed by atoms with Crippen molar-refractivity contribution < 1.29 is 132 Å². The average molecular weight is 2170 g/mol. The largest absolute Gasteiger partial charge is 0.395 e. The van der Waals surface area contributed by atoms with E-state index in [4.69, 9.17) is 0 Å². The van der Waals surface area contributed by atoms with Crippen molar-refractivity contribution in [1.29, 1.82) is 0 Å². The van der Waals surface area contributed by atoms with Crippen LogP contribution in [-0.2, 0) is 0 Å². The number of alkyl halides is 30. The minimum atomic E-state index is -4.18. The predicted molar refractivity (Wildman–Crippen MR) is 547 cm³/mol. The van der Waals surface area contributed by atoms with Crippen molar-refractivity contribution in [3.05, 3.63) is 0 Å². The summed E-state index contributed by atoms with van der Waals surface area (Å²) in [6.07, 6.45) is -26.9. The van der Waals surface area contributed by atoms with E-state index in [1.54, 1.807) is 90.0 Å². The molecule has 0 aromatic carbocycles. The number of hydrogen-bond donors (Lipinski definition) is 0. The number of hydrogen-bond acceptors (Lipinski definition) is 0. The summed E-state index contributed by atoms with van der Waals surface area (Å²) in [7, 11) is 0. The third-order valence-electron chi connectivity index (χ3n) is 38.8. The van der Waals surface area contributed by atoms with Gasteiger partial charge in [-0.25, -0.2) is 0 Å². The highest BCUT2D eigenvalue weighted by Gasteiger charge is 2.69. The van der Waals surface area contributed by atoms with Gasteiger partial charge in [-0.15, -0.1) is 0 Å². The van der Waals surface area contributed by atoms with E-state index in [9.17, 15) is 132 Å². The molecule has 0 aliphatic heterocycles. The lowest BCUT2D eigenvalue weighted by atomic mass is 9.49. The molecular weight excluding hydrogens is 1950 g/mol. The molecule has 3 atom stereocenters. The Bertz CT molecular complexity index is 3250. The molecule has 0 bridgehead atoms. The third kappa shape index (κ3) is 38.7. The van der Waals surface area contributed by atoms with Crippen LogP contribution in [0.3, 0.4) is 0 Å². The Hall–Kier alpha value is -2.10. The van der Waals surface area contributed by atoms with Crippen LogP contribution >= 0.6 is 0 Å². The lowest BCUT2D eigenvalue weighted by Crippen LogP contribution is -2.57. The Morgan fingerprint density at radius 2 is 0.379 bits per heavy atom. The zero-order valence-corrected chi connectivity index (χ0v) is 99.8. The third-order valence-corrected chi connectivity index (χ3v) is 38.8. The Labute approximate surface area is 865 Å². The van der Waals surface area contributed by atoms with E-state index < -0.39 is 144 Å². The first-order valence-corrected chi connectivity index (χ1v) is 54.7. The van der Waals surface area contributed by atoms with Crippen LogP contribution in [0.15, 0.2) is 0 Å². The van der Waals surface area contributed by atoms with Gasteiger partial charge in [0, 0.05) is 0 Å². The summed E-state index contributed by atoms with van der Waals surface area (Å²) < 4.78 is 391. The van der Waals surface area contributed by atoms with E-state index in [0.29, 0.717) is 116 Å². The van der Waals surface area contributed by atoms with Gasteiger partial charge in [-0.3, -0.25) is 0 Å². The molecule has 0 heterocycles. The molecule has 3 rings (SSSR count). The fraction of sp³-hybridized carbons (Fsp3) is 1.00. The first kappa shape index (κ1) is 156. The second kappa shape index (κ2) is 59.3. The monoisotopic (exact) mass is 2170 g/mol. The smallest absolute Gasteiger partial charge is 0.171 e. The van der Waals surface area contributed by atoms with Gasteiger partial charge in [-0.05, 0) is 219 Å². The van der Waals surface area contributed by atoms with E-state index in [1.807, 2.05) is 180 Å². The minimum absolute atomic E-state index is 0.0154. The predicted octanol–water partition coefficient (Wildman–Crippen LogP) is 47.5. The molecule has 3 aliphatic carbocycles. The highest BCUT2D eigenvalue weighted by molar-refractivity contribution is 5.07. The van der Waals surface area contributed by atoms with Crippen molar-refractivity contribution >= 4 is 0 Å². The summed E-state index contributed by atoms with van der Waals surface area (Å²) in [5, 5.41) is 0. The van der Waals surface area contributed by atoms with Crippen LogP contribution in [0.4, 0.5) is 132 Å². The highest BCUT2D eigenvalue weighted by atomic mass is 19.4. The van der Waals surface area contributed by atoms with Crippen LogP contribution in [0.1, 0.15) is 500 Å². The summed E-state index contributed by atoms with van der Waals surface area (Å²) in [6, 6.07) is 0. The van der Waals surface area contributed by atoms with Crippen molar-refractivity contribution in [2.75, 3.05) is 0 Å². The maximum atomic E-state index is 14.0. The van der Waals surface area contributed by atoms with Gasteiger partial charge in [0.1, 0.15) is 0 Å². The lowest BCUT2D eigenvalue weighted by molar-refractivity contribution is -0.301. The first-order chi connectivity index (χ1) is 64.0. The quantitative estimate of drug-likeness (QED) is 0.0589. The standard InChI is InChI=1S/C17H33F3.C15H29F3.2C13H25F3.C12H23F3.C11H21F3.C10H17F3.C9H17F3.C8H13F3.C7H11F3/c1-10(2)14(11(3)4)16(9,17(18,19)20)15(12(5)6)13(7)8;1-8-12(5,9-2)14(7,15(16,17)18)13(6,10-3)11-4;1-8(2)11(9(3)4)12(7,10(5)6)13(14,15)16;1-6-10(7-2)12(5,13(14,15)16)11(8-3)9-4;1-7-10(5,8-2)11(6,9(3)4)12(13,14)15;1-6-9(7-2)10(5,8(3)4)11(12,13)14;1-8(2)4-6-9(3,7-5-8)10(11,12)13;1-6(2)8(5,7(3)4)9(10,11)12;1-7(8(9,10)11)5-3-2-4-6-7;1-6(7(8,9)10)4-2-3-5-6/h10-15H,1-9H3;8-11H2,1-7H3;8-11H,1-7H3;10-11H,6-9H2,1-5H3;9H,7-8H2,1-6H3;8-9H,6-7H2,1-5H3;4-7H2,1-3H3;6-7H,1-5H3;2-6H2,1H3;2-5H2,1H3/t;;12-;;11-;10-;;;;/m..0.00..../s1. The maximum absolute atomic E-state index is 14.0. The molecule has 0 saturated heterocycles. The summed E-state index contributed by atoms with van der Waals surface area (Å²) in [5.41, 5.74) is -17.3. The molecule has 0 spiro atoms. The van der Waals surface area contributed by atoms with Crippen molar-refractivity contribution in [3.8, 4) is 0 Å². The minimum Gasteiger partial charge on any atom is -0.171 e. The van der Waals surface area contributed by atoms with E-state index in [1.165, 1.54) is 69.2 Å². The maximum Gasteiger partial charge on any atom is 0.395 e. The molecule has 0 radical (unpaired) electrons. The van der Waals surface area contributed by atoms with E-state index in [-0.39, 0.29) is 107 Å². The molecule has 3 aliphatic rings. The Morgan fingerprint density at radius 1 is 0.193 bits per heavy atom. The van der Waals surface area contributed by atoms with Gasteiger partial charge < -0.3 is 0 Å². The Kier molecular flexibility index (Phi) is 63.7. The molecular formula is C115H214F30. The van der Waals surface area contributed by atoms with Crippen molar-refractivity contribution in [2.45, 2.75) is 562 Å². The highest BCUT2D eigenvalue weighted by Crippen LogP contribution is 2.67. The van der Waals surface area contributed by atoms with Crippen molar-refractivity contribution in [2.24, 2.45) is 176 Å². The van der Waals surface area contributed by atoms with Crippen LogP contribution in [0.2, 0.25) is 0 Å². The van der Waals surface area contributed by atoms with Crippen LogP contribution in [0.5, 0.6) is 0 Å². The fourth-order valence-corrected chi connectivity index (χ4v) is 25.0. The van der Waals surface area contributed by atoms with Gasteiger partial charge in [0.15, 0.2) is 0 Å². The van der Waals surface area contributed by atoms with E-state index in [0.717, 1.165) is 32.1 Å². The van der Waals surface area contributed by atoms with Gasteiger partial charge >= 0.3 is 61.8 Å². The molecule has 0 unspecified atom stereocenters. The zero-order chi connectivity index (χ0) is 118. The van der Waals surface area contributed by atoms with Gasteiger partial charge in [0.25, 0.3) is 0 Å². The summed E-state index contributed by atoms with van der Waals surface area (Å²) >= 11 is 0.